The van der Waals surface area contributed by atoms with Crippen LogP contribution in [-0.2, 0) is 16.6 Å². The zero-order valence-corrected chi connectivity index (χ0v) is 19.2. The fraction of sp³-hybridized carbons (Fsp3) is 0.286. The summed E-state index contributed by atoms with van der Waals surface area (Å²) in [5.74, 6) is 0.405. The number of carboxylic acid groups (broad SMARTS) is 1. The summed E-state index contributed by atoms with van der Waals surface area (Å²) in [6.45, 7) is 1.98. The maximum Gasteiger partial charge on any atom is 0.335 e. The average molecular weight is 458 g/mol. The molecule has 1 aliphatic heterocycles. The molecule has 174 valence electrons. The van der Waals surface area contributed by atoms with Crippen LogP contribution in [0.4, 0.5) is 0 Å². The fourth-order valence-corrected chi connectivity index (χ4v) is 5.27. The van der Waals surface area contributed by atoms with Crippen LogP contribution in [-0.4, -0.2) is 24.1 Å². The molecule has 34 heavy (non-hydrogen) atoms. The molecule has 0 saturated heterocycles. The lowest BCUT2D eigenvalue weighted by Crippen LogP contribution is -2.44. The quantitative estimate of drug-likeness (QED) is 0.565. The zero-order chi connectivity index (χ0) is 23.9. The first-order valence-electron chi connectivity index (χ1n) is 11.5. The number of ether oxygens (including phenoxy) is 2. The Labute approximate surface area is 198 Å². The van der Waals surface area contributed by atoms with E-state index in [0.29, 0.717) is 18.6 Å². The Bertz CT molecular complexity index is 1270. The largest absolute Gasteiger partial charge is 0.496 e. The molecule has 0 bridgehead atoms. The van der Waals surface area contributed by atoms with Crippen molar-refractivity contribution in [2.75, 3.05) is 7.11 Å². The third-order valence-corrected chi connectivity index (χ3v) is 7.10. The first kappa shape index (κ1) is 22.0. The molecule has 1 aliphatic carbocycles. The second-order valence-corrected chi connectivity index (χ2v) is 9.16. The number of fused-ring (bicyclic) bond motifs is 2. The van der Waals surface area contributed by atoms with Gasteiger partial charge in [-0.1, -0.05) is 42.5 Å². The van der Waals surface area contributed by atoms with Gasteiger partial charge in [0.15, 0.2) is 0 Å². The van der Waals surface area contributed by atoms with Crippen molar-refractivity contribution >= 4 is 11.9 Å². The van der Waals surface area contributed by atoms with Gasteiger partial charge in [-0.25, -0.2) is 4.79 Å². The number of nitrogens with one attached hydrogen (secondary N) is 1. The molecule has 3 aromatic carbocycles. The zero-order valence-electron chi connectivity index (χ0n) is 19.2. The molecule has 0 radical (unpaired) electrons. The first-order valence-corrected chi connectivity index (χ1v) is 11.5. The van der Waals surface area contributed by atoms with Gasteiger partial charge in [0.05, 0.1) is 24.1 Å². The lowest BCUT2D eigenvalue weighted by atomic mass is 9.81. The smallest absolute Gasteiger partial charge is 0.335 e. The molecule has 1 amide bonds. The van der Waals surface area contributed by atoms with E-state index in [1.807, 2.05) is 49.4 Å². The van der Waals surface area contributed by atoms with E-state index in [1.165, 1.54) is 0 Å². The van der Waals surface area contributed by atoms with Crippen molar-refractivity contribution in [1.29, 1.82) is 0 Å². The van der Waals surface area contributed by atoms with Gasteiger partial charge in [0.25, 0.3) is 0 Å². The molecule has 0 unspecified atom stereocenters. The highest BCUT2D eigenvalue weighted by molar-refractivity contribution is 5.90. The van der Waals surface area contributed by atoms with Crippen LogP contribution in [0.1, 0.15) is 64.5 Å². The van der Waals surface area contributed by atoms with E-state index in [-0.39, 0.29) is 23.6 Å². The Morgan fingerprint density at radius 2 is 1.88 bits per heavy atom. The molecule has 0 spiro atoms. The summed E-state index contributed by atoms with van der Waals surface area (Å²) in [5, 5.41) is 12.7. The van der Waals surface area contributed by atoms with Crippen molar-refractivity contribution in [3.8, 4) is 11.5 Å². The highest BCUT2D eigenvalue weighted by Crippen LogP contribution is 2.46. The van der Waals surface area contributed by atoms with Crippen LogP contribution in [0.5, 0.6) is 11.5 Å². The number of carbonyl (C=O) groups excluding carboxylic acids is 1. The summed E-state index contributed by atoms with van der Waals surface area (Å²) < 4.78 is 11.9. The average Bonchev–Trinajstić information content (AvgIpc) is 3.22. The number of hydrogen-bond acceptors (Lipinski definition) is 4. The van der Waals surface area contributed by atoms with Crippen LogP contribution < -0.4 is 14.8 Å². The van der Waals surface area contributed by atoms with Crippen LogP contribution >= 0.6 is 0 Å². The molecule has 2 N–H and O–H groups in total. The second-order valence-electron chi connectivity index (χ2n) is 9.16. The van der Waals surface area contributed by atoms with Gasteiger partial charge >= 0.3 is 5.97 Å². The summed E-state index contributed by atoms with van der Waals surface area (Å²) >= 11 is 0. The third-order valence-electron chi connectivity index (χ3n) is 7.10. The maximum absolute atomic E-state index is 13.8. The van der Waals surface area contributed by atoms with E-state index in [0.717, 1.165) is 34.4 Å². The van der Waals surface area contributed by atoms with Crippen LogP contribution in [0.25, 0.3) is 0 Å². The van der Waals surface area contributed by atoms with Crippen molar-refractivity contribution in [3.05, 3.63) is 94.5 Å². The summed E-state index contributed by atoms with van der Waals surface area (Å²) in [6.07, 6.45) is 1.66. The molecule has 5 rings (SSSR count). The highest BCUT2D eigenvalue weighted by atomic mass is 16.5. The minimum atomic E-state index is -0.982. The monoisotopic (exact) mass is 457 g/mol. The van der Waals surface area contributed by atoms with E-state index in [9.17, 15) is 14.7 Å². The maximum atomic E-state index is 13.8. The van der Waals surface area contributed by atoms with Crippen molar-refractivity contribution in [1.82, 2.24) is 5.32 Å². The second kappa shape index (κ2) is 8.52. The highest BCUT2D eigenvalue weighted by Gasteiger charge is 2.44. The molecular formula is C28H27NO5. The summed E-state index contributed by atoms with van der Waals surface area (Å²) in [5.41, 5.74) is 3.31. The molecule has 0 saturated carbocycles. The number of amides is 1. The van der Waals surface area contributed by atoms with Crippen LogP contribution in [0.2, 0.25) is 0 Å². The number of carboxylic acids is 1. The van der Waals surface area contributed by atoms with Gasteiger partial charge in [-0.3, -0.25) is 4.79 Å². The third kappa shape index (κ3) is 3.69. The minimum Gasteiger partial charge on any atom is -0.496 e. The Hall–Kier alpha value is -3.80. The molecular weight excluding hydrogens is 430 g/mol. The number of carbonyl (C=O) groups is 2. The van der Waals surface area contributed by atoms with E-state index in [1.54, 1.807) is 25.3 Å². The van der Waals surface area contributed by atoms with Gasteiger partial charge in [-0.05, 0) is 55.2 Å². The minimum absolute atomic E-state index is 0.0458. The number of methoxy groups -OCH3 is 1. The molecule has 0 aromatic heterocycles. The first-order chi connectivity index (χ1) is 16.4. The van der Waals surface area contributed by atoms with Gasteiger partial charge in [0, 0.05) is 17.5 Å². The molecule has 6 heteroatoms. The fourth-order valence-electron chi connectivity index (χ4n) is 5.27. The Kier molecular flexibility index (Phi) is 5.52. The number of benzene rings is 3. The summed E-state index contributed by atoms with van der Waals surface area (Å²) in [7, 11) is 1.64. The molecule has 3 aromatic rings. The van der Waals surface area contributed by atoms with Crippen molar-refractivity contribution in [2.45, 2.75) is 43.7 Å². The predicted octanol–water partition coefficient (Wildman–Crippen LogP) is 4.98. The van der Waals surface area contributed by atoms with E-state index >= 15 is 0 Å². The summed E-state index contributed by atoms with van der Waals surface area (Å²) in [6, 6.07) is 20.1. The standard InChI is InChI=1S/C28H27NO5/c1-28(14-13-17-7-6-12-23(33-2)25(17)28)27(32)29-21-16-24(34-22-11-4-3-10-20(21)22)18-8-5-9-19(15-18)26(30)31/h3-12,15,21,24H,13-14,16H2,1-2H3,(H,29,32)(H,30,31)/t21-,24-,28-/m1/s1. The predicted molar refractivity (Wildman–Crippen MR) is 127 cm³/mol. The lowest BCUT2D eigenvalue weighted by Gasteiger charge is -2.35. The Morgan fingerprint density at radius 3 is 2.68 bits per heavy atom. The van der Waals surface area contributed by atoms with Crippen LogP contribution in [0.15, 0.2) is 66.7 Å². The number of hydrogen-bond donors (Lipinski definition) is 2. The number of aryl methyl sites for hydroxylation is 1. The molecule has 1 heterocycles. The number of para-hydroxylation sites is 1. The van der Waals surface area contributed by atoms with E-state index in [2.05, 4.69) is 11.4 Å². The molecule has 2 aliphatic rings. The van der Waals surface area contributed by atoms with Crippen molar-refractivity contribution in [2.24, 2.45) is 0 Å². The number of aromatic carboxylic acids is 1. The topological polar surface area (TPSA) is 84.9 Å². The van der Waals surface area contributed by atoms with Gasteiger partial charge in [0.1, 0.15) is 17.6 Å². The summed E-state index contributed by atoms with van der Waals surface area (Å²) in [4.78, 5) is 25.2. The van der Waals surface area contributed by atoms with Gasteiger partial charge in [-0.15, -0.1) is 0 Å². The SMILES string of the molecule is COc1cccc2c1[C@](C)(C(=O)N[C@@H]1C[C@H](c3cccc(C(=O)O)c3)Oc3ccccc31)CC2. The molecule has 3 atom stereocenters. The Balaban J connectivity index is 1.46. The van der Waals surface area contributed by atoms with E-state index < -0.39 is 11.4 Å². The van der Waals surface area contributed by atoms with Gasteiger partial charge < -0.3 is 19.9 Å². The van der Waals surface area contributed by atoms with Crippen LogP contribution in [0, 0.1) is 0 Å². The van der Waals surface area contributed by atoms with Gasteiger partial charge in [-0.2, -0.15) is 0 Å². The molecule has 6 nitrogen and oxygen atoms in total. The van der Waals surface area contributed by atoms with Crippen molar-refractivity contribution in [3.63, 3.8) is 0 Å². The van der Waals surface area contributed by atoms with Gasteiger partial charge in [0.2, 0.25) is 5.91 Å². The van der Waals surface area contributed by atoms with E-state index in [4.69, 9.17) is 9.47 Å². The van der Waals surface area contributed by atoms with Crippen molar-refractivity contribution < 1.29 is 24.2 Å². The normalized spacial score (nSPS) is 22.8. The van der Waals surface area contributed by atoms with Crippen LogP contribution in [0.3, 0.4) is 0 Å². The molecule has 0 fully saturated rings. The number of rotatable bonds is 5. The lowest BCUT2D eigenvalue weighted by molar-refractivity contribution is -0.127. The Morgan fingerprint density at radius 1 is 1.09 bits per heavy atom.